The topological polar surface area (TPSA) is 40.5 Å². The van der Waals surface area contributed by atoms with E-state index < -0.39 is 0 Å². The standard InChI is InChI=1S/C25H32O2/c1-10-17(18-13-20(24(4,5)6)22(26)11-15(18)2)19-14-21(25(7,8)9)23(27)12-16(19)3/h1,11-14,17,26-27H,2-9H3. The molecule has 0 heterocycles. The molecule has 0 saturated heterocycles. The minimum Gasteiger partial charge on any atom is -0.508 e. The van der Waals surface area contributed by atoms with Crippen LogP contribution in [0.15, 0.2) is 24.3 Å². The number of aryl methyl sites for hydroxylation is 2. The zero-order valence-electron chi connectivity index (χ0n) is 17.9. The summed E-state index contributed by atoms with van der Waals surface area (Å²) in [5.41, 5.74) is 5.37. The van der Waals surface area contributed by atoms with Gasteiger partial charge in [0.05, 0.1) is 5.92 Å². The maximum absolute atomic E-state index is 10.4. The molecule has 0 radical (unpaired) electrons. The summed E-state index contributed by atoms with van der Waals surface area (Å²) < 4.78 is 0. The van der Waals surface area contributed by atoms with Crippen LogP contribution in [0.3, 0.4) is 0 Å². The molecule has 0 fully saturated rings. The predicted molar refractivity (Wildman–Crippen MR) is 114 cm³/mol. The maximum atomic E-state index is 10.4. The van der Waals surface area contributed by atoms with E-state index in [2.05, 4.69) is 47.5 Å². The van der Waals surface area contributed by atoms with Crippen molar-refractivity contribution in [2.45, 2.75) is 72.1 Å². The lowest BCUT2D eigenvalue weighted by Gasteiger charge is -2.26. The fourth-order valence-corrected chi connectivity index (χ4v) is 3.59. The Balaban J connectivity index is 2.74. The van der Waals surface area contributed by atoms with Crippen LogP contribution in [-0.4, -0.2) is 10.2 Å². The quantitative estimate of drug-likeness (QED) is 0.634. The summed E-state index contributed by atoms with van der Waals surface area (Å²) in [7, 11) is 0. The molecular weight excluding hydrogens is 332 g/mol. The summed E-state index contributed by atoms with van der Waals surface area (Å²) in [6.07, 6.45) is 5.99. The van der Waals surface area contributed by atoms with E-state index in [4.69, 9.17) is 6.42 Å². The van der Waals surface area contributed by atoms with E-state index in [1.54, 1.807) is 12.1 Å². The molecule has 2 nitrogen and oxygen atoms in total. The number of phenols is 2. The Kier molecular flexibility index (Phi) is 5.39. The first-order valence-corrected chi connectivity index (χ1v) is 9.41. The number of rotatable bonds is 2. The third-order valence-electron chi connectivity index (χ3n) is 5.17. The van der Waals surface area contributed by atoms with Gasteiger partial charge in [0.1, 0.15) is 11.5 Å². The van der Waals surface area contributed by atoms with Crippen LogP contribution >= 0.6 is 0 Å². The molecule has 2 aromatic rings. The molecule has 0 saturated carbocycles. The van der Waals surface area contributed by atoms with Crippen molar-refractivity contribution in [1.29, 1.82) is 0 Å². The van der Waals surface area contributed by atoms with Crippen LogP contribution in [0.25, 0.3) is 0 Å². The van der Waals surface area contributed by atoms with Crippen molar-refractivity contribution in [2.75, 3.05) is 0 Å². The SMILES string of the molecule is C#CC(c1cc(C(C)(C)C)c(O)cc1C)c1cc(C(C)(C)C)c(O)cc1C. The van der Waals surface area contributed by atoms with E-state index in [1.807, 2.05) is 26.0 Å². The lowest BCUT2D eigenvalue weighted by Crippen LogP contribution is -2.15. The van der Waals surface area contributed by atoms with Gasteiger partial charge in [0, 0.05) is 0 Å². The molecule has 2 aromatic carbocycles. The first kappa shape index (κ1) is 20.9. The van der Waals surface area contributed by atoms with Gasteiger partial charge in [-0.3, -0.25) is 0 Å². The summed E-state index contributed by atoms with van der Waals surface area (Å²) in [6.45, 7) is 16.4. The lowest BCUT2D eigenvalue weighted by molar-refractivity contribution is 0.445. The van der Waals surface area contributed by atoms with Gasteiger partial charge < -0.3 is 10.2 Å². The Morgan fingerprint density at radius 1 is 0.741 bits per heavy atom. The van der Waals surface area contributed by atoms with Crippen LogP contribution in [-0.2, 0) is 10.8 Å². The number of hydrogen-bond acceptors (Lipinski definition) is 2. The monoisotopic (exact) mass is 364 g/mol. The van der Waals surface area contributed by atoms with Crippen LogP contribution in [0.2, 0.25) is 0 Å². The molecule has 2 heteroatoms. The zero-order valence-corrected chi connectivity index (χ0v) is 17.9. The van der Waals surface area contributed by atoms with E-state index in [9.17, 15) is 10.2 Å². The van der Waals surface area contributed by atoms with E-state index in [0.717, 1.165) is 33.4 Å². The van der Waals surface area contributed by atoms with Gasteiger partial charge >= 0.3 is 0 Å². The van der Waals surface area contributed by atoms with Crippen molar-refractivity contribution >= 4 is 0 Å². The van der Waals surface area contributed by atoms with Crippen molar-refractivity contribution in [2.24, 2.45) is 0 Å². The summed E-state index contributed by atoms with van der Waals surface area (Å²) in [6, 6.07) is 7.69. The Bertz CT molecular complexity index is 830. The summed E-state index contributed by atoms with van der Waals surface area (Å²) in [4.78, 5) is 0. The Morgan fingerprint density at radius 2 is 1.07 bits per heavy atom. The van der Waals surface area contributed by atoms with Crippen LogP contribution in [0.4, 0.5) is 0 Å². The largest absolute Gasteiger partial charge is 0.508 e. The summed E-state index contributed by atoms with van der Waals surface area (Å²) in [5, 5.41) is 20.9. The highest BCUT2D eigenvalue weighted by Crippen LogP contribution is 2.40. The highest BCUT2D eigenvalue weighted by Gasteiger charge is 2.26. The van der Waals surface area contributed by atoms with Gasteiger partial charge in [-0.2, -0.15) is 0 Å². The molecule has 27 heavy (non-hydrogen) atoms. The summed E-state index contributed by atoms with van der Waals surface area (Å²) >= 11 is 0. The van der Waals surface area contributed by atoms with Crippen LogP contribution in [0.5, 0.6) is 11.5 Å². The molecule has 0 aliphatic heterocycles. The molecule has 144 valence electrons. The Hall–Kier alpha value is -2.40. The van der Waals surface area contributed by atoms with Crippen LogP contribution in [0.1, 0.15) is 80.8 Å². The van der Waals surface area contributed by atoms with Gasteiger partial charge in [-0.05, 0) is 82.3 Å². The maximum Gasteiger partial charge on any atom is 0.119 e. The van der Waals surface area contributed by atoms with Crippen molar-refractivity contribution < 1.29 is 10.2 Å². The molecule has 0 amide bonds. The number of terminal acetylenes is 1. The average molecular weight is 365 g/mol. The number of benzene rings is 2. The molecule has 0 aliphatic carbocycles. The number of hydrogen-bond donors (Lipinski definition) is 2. The first-order chi connectivity index (χ1) is 12.3. The van der Waals surface area contributed by atoms with Gasteiger partial charge in [0.15, 0.2) is 0 Å². The van der Waals surface area contributed by atoms with E-state index in [0.29, 0.717) is 11.5 Å². The van der Waals surface area contributed by atoms with Crippen LogP contribution < -0.4 is 0 Å². The number of aromatic hydroxyl groups is 2. The second-order valence-electron chi connectivity index (χ2n) is 9.55. The van der Waals surface area contributed by atoms with Crippen molar-refractivity contribution in [3.63, 3.8) is 0 Å². The second kappa shape index (κ2) is 6.97. The molecule has 0 aromatic heterocycles. The molecule has 0 atom stereocenters. The molecule has 2 rings (SSSR count). The second-order valence-corrected chi connectivity index (χ2v) is 9.55. The molecule has 2 N–H and O–H groups in total. The molecule has 0 unspecified atom stereocenters. The van der Waals surface area contributed by atoms with Gasteiger partial charge in [-0.15, -0.1) is 6.42 Å². The van der Waals surface area contributed by atoms with E-state index >= 15 is 0 Å². The Labute approximate surface area is 164 Å². The highest BCUT2D eigenvalue weighted by atomic mass is 16.3. The van der Waals surface area contributed by atoms with Crippen molar-refractivity contribution in [3.05, 3.63) is 57.6 Å². The first-order valence-electron chi connectivity index (χ1n) is 9.41. The fraction of sp³-hybridized carbons (Fsp3) is 0.440. The predicted octanol–water partition coefficient (Wildman–Crippen LogP) is 6.07. The molecule has 0 aliphatic rings. The normalized spacial score (nSPS) is 12.3. The Morgan fingerprint density at radius 3 is 1.33 bits per heavy atom. The summed E-state index contributed by atoms with van der Waals surface area (Å²) in [5.74, 6) is 3.31. The minimum absolute atomic E-state index is 0.188. The van der Waals surface area contributed by atoms with Gasteiger partial charge in [0.2, 0.25) is 0 Å². The van der Waals surface area contributed by atoms with E-state index in [1.165, 1.54) is 0 Å². The fourth-order valence-electron chi connectivity index (χ4n) is 3.59. The van der Waals surface area contributed by atoms with E-state index in [-0.39, 0.29) is 16.7 Å². The van der Waals surface area contributed by atoms with Gasteiger partial charge in [0.25, 0.3) is 0 Å². The smallest absolute Gasteiger partial charge is 0.119 e. The van der Waals surface area contributed by atoms with Gasteiger partial charge in [-0.25, -0.2) is 0 Å². The highest BCUT2D eigenvalue weighted by molar-refractivity contribution is 5.55. The number of phenolic OH excluding ortho intramolecular Hbond substituents is 2. The zero-order chi connectivity index (χ0) is 20.7. The molecule has 0 bridgehead atoms. The molecular formula is C25H32O2. The average Bonchev–Trinajstić information content (AvgIpc) is 2.48. The van der Waals surface area contributed by atoms with Crippen molar-refractivity contribution in [1.82, 2.24) is 0 Å². The van der Waals surface area contributed by atoms with Crippen LogP contribution in [0, 0.1) is 26.2 Å². The van der Waals surface area contributed by atoms with Crippen molar-refractivity contribution in [3.8, 4) is 23.8 Å². The third kappa shape index (κ3) is 4.14. The third-order valence-corrected chi connectivity index (χ3v) is 5.17. The minimum atomic E-state index is -0.242. The lowest BCUT2D eigenvalue weighted by atomic mass is 9.78. The molecule has 0 spiro atoms. The van der Waals surface area contributed by atoms with Gasteiger partial charge in [-0.1, -0.05) is 47.5 Å².